The molecule has 88 valence electrons. The molecule has 0 saturated carbocycles. The molecule has 0 radical (unpaired) electrons. The van der Waals surface area contributed by atoms with Gasteiger partial charge >= 0.3 is 0 Å². The van der Waals surface area contributed by atoms with Gasteiger partial charge in [-0.3, -0.25) is 4.98 Å². The van der Waals surface area contributed by atoms with Gasteiger partial charge in [-0.25, -0.2) is 0 Å². The largest absolute Gasteiger partial charge is 0.393 e. The van der Waals surface area contributed by atoms with Gasteiger partial charge in [-0.05, 0) is 44.2 Å². The van der Waals surface area contributed by atoms with E-state index in [4.69, 9.17) is 18.0 Å². The minimum Gasteiger partial charge on any atom is -0.393 e. The molecule has 0 aromatic carbocycles. The maximum atomic E-state index is 5.85. The van der Waals surface area contributed by atoms with Crippen molar-refractivity contribution in [2.45, 2.75) is 38.5 Å². The van der Waals surface area contributed by atoms with Gasteiger partial charge in [-0.15, -0.1) is 12.4 Å². The molecule has 1 heterocycles. The molecule has 0 fully saturated rings. The third-order valence-electron chi connectivity index (χ3n) is 3.29. The molecule has 1 aliphatic rings. The summed E-state index contributed by atoms with van der Waals surface area (Å²) in [6, 6.07) is 2.21. The second kappa shape index (κ2) is 4.68. The number of aromatic nitrogens is 1. The average Bonchev–Trinajstić information content (AvgIpc) is 2.17. The highest BCUT2D eigenvalue weighted by Gasteiger charge is 2.36. The van der Waals surface area contributed by atoms with E-state index in [1.54, 1.807) is 0 Å². The van der Waals surface area contributed by atoms with Crippen LogP contribution in [0.4, 0.5) is 0 Å². The lowest BCUT2D eigenvalue weighted by molar-refractivity contribution is 0.496. The molecule has 16 heavy (non-hydrogen) atoms. The Bertz CT molecular complexity index is 419. The van der Waals surface area contributed by atoms with E-state index in [1.807, 2.05) is 6.20 Å². The van der Waals surface area contributed by atoms with Gasteiger partial charge in [0, 0.05) is 6.20 Å². The topological polar surface area (TPSA) is 38.9 Å². The first-order valence-electron chi connectivity index (χ1n) is 5.30. The Morgan fingerprint density at radius 2 is 2.25 bits per heavy atom. The number of hydrogen-bond acceptors (Lipinski definition) is 2. The van der Waals surface area contributed by atoms with Crippen LogP contribution >= 0.6 is 24.6 Å². The zero-order chi connectivity index (χ0) is 11.1. The fourth-order valence-corrected chi connectivity index (χ4v) is 2.51. The number of pyridine rings is 1. The molecule has 1 atom stereocenters. The standard InChI is InChI=1S/C12H16N2S.ClH/c1-8-6-9-4-3-5-12(2,11(13)15)10(9)14-7-8;/h6-7H,3-5H2,1-2H3,(H2,13,15);1H. The van der Waals surface area contributed by atoms with E-state index in [2.05, 4.69) is 24.9 Å². The fourth-order valence-electron chi connectivity index (χ4n) is 2.31. The molecule has 0 bridgehead atoms. The monoisotopic (exact) mass is 256 g/mol. The molecule has 1 aromatic rings. The zero-order valence-electron chi connectivity index (χ0n) is 9.62. The summed E-state index contributed by atoms with van der Waals surface area (Å²) in [5.74, 6) is 0. The highest BCUT2D eigenvalue weighted by molar-refractivity contribution is 7.80. The Morgan fingerprint density at radius 3 is 2.88 bits per heavy atom. The molecule has 0 saturated heterocycles. The quantitative estimate of drug-likeness (QED) is 0.786. The molecular formula is C12H17ClN2S. The molecule has 2 nitrogen and oxygen atoms in total. The van der Waals surface area contributed by atoms with Crippen molar-refractivity contribution in [3.63, 3.8) is 0 Å². The van der Waals surface area contributed by atoms with E-state index in [0.717, 1.165) is 25.0 Å². The smallest absolute Gasteiger partial charge is 0.0847 e. The molecule has 0 spiro atoms. The van der Waals surface area contributed by atoms with Crippen LogP contribution in [0.5, 0.6) is 0 Å². The van der Waals surface area contributed by atoms with Crippen LogP contribution in [0, 0.1) is 6.92 Å². The summed E-state index contributed by atoms with van der Waals surface area (Å²) in [6.07, 6.45) is 5.17. The Hall–Kier alpha value is -0.670. The van der Waals surface area contributed by atoms with Crippen LogP contribution in [-0.4, -0.2) is 9.97 Å². The van der Waals surface area contributed by atoms with Gasteiger partial charge in [-0.2, -0.15) is 0 Å². The molecular weight excluding hydrogens is 240 g/mol. The van der Waals surface area contributed by atoms with Gasteiger partial charge in [0.25, 0.3) is 0 Å². The lowest BCUT2D eigenvalue weighted by atomic mass is 9.74. The highest BCUT2D eigenvalue weighted by Crippen LogP contribution is 2.36. The number of nitrogens with two attached hydrogens (primary N) is 1. The van der Waals surface area contributed by atoms with Crippen molar-refractivity contribution in [2.75, 3.05) is 0 Å². The number of hydrogen-bond donors (Lipinski definition) is 1. The van der Waals surface area contributed by atoms with E-state index in [0.29, 0.717) is 4.99 Å². The van der Waals surface area contributed by atoms with E-state index in [-0.39, 0.29) is 17.8 Å². The number of nitrogens with zero attached hydrogens (tertiary/aromatic N) is 1. The van der Waals surface area contributed by atoms with Gasteiger partial charge in [0.05, 0.1) is 16.1 Å². The maximum Gasteiger partial charge on any atom is 0.0847 e. The molecule has 1 unspecified atom stereocenters. The Labute approximate surface area is 108 Å². The second-order valence-corrected chi connectivity index (χ2v) is 5.01. The molecule has 2 N–H and O–H groups in total. The summed E-state index contributed by atoms with van der Waals surface area (Å²) in [7, 11) is 0. The van der Waals surface area contributed by atoms with Crippen LogP contribution in [0.1, 0.15) is 36.6 Å². The van der Waals surface area contributed by atoms with Crippen molar-refractivity contribution in [1.82, 2.24) is 4.98 Å². The van der Waals surface area contributed by atoms with Crippen LogP contribution < -0.4 is 5.73 Å². The first-order valence-corrected chi connectivity index (χ1v) is 5.71. The lowest BCUT2D eigenvalue weighted by Gasteiger charge is -2.33. The van der Waals surface area contributed by atoms with E-state index in [9.17, 15) is 0 Å². The van der Waals surface area contributed by atoms with Crippen LogP contribution in [0.25, 0.3) is 0 Å². The Morgan fingerprint density at radius 1 is 1.56 bits per heavy atom. The number of fused-ring (bicyclic) bond motifs is 1. The normalized spacial score (nSPS) is 23.1. The number of rotatable bonds is 1. The molecule has 2 rings (SSSR count). The summed E-state index contributed by atoms with van der Waals surface area (Å²) < 4.78 is 0. The van der Waals surface area contributed by atoms with Gasteiger partial charge in [0.2, 0.25) is 0 Å². The molecule has 0 amide bonds. The van der Waals surface area contributed by atoms with Crippen molar-refractivity contribution >= 4 is 29.6 Å². The third kappa shape index (κ3) is 2.06. The number of halogens is 1. The summed E-state index contributed by atoms with van der Waals surface area (Å²) in [6.45, 7) is 4.18. The summed E-state index contributed by atoms with van der Waals surface area (Å²) >= 11 is 5.18. The fraction of sp³-hybridized carbons (Fsp3) is 0.500. The van der Waals surface area contributed by atoms with Crippen molar-refractivity contribution in [2.24, 2.45) is 5.73 Å². The average molecular weight is 257 g/mol. The van der Waals surface area contributed by atoms with Crippen LogP contribution in [0.3, 0.4) is 0 Å². The Kier molecular flexibility index (Phi) is 3.92. The van der Waals surface area contributed by atoms with Crippen LogP contribution in [0.2, 0.25) is 0 Å². The maximum absolute atomic E-state index is 5.85. The van der Waals surface area contributed by atoms with Crippen molar-refractivity contribution < 1.29 is 0 Å². The van der Waals surface area contributed by atoms with Crippen LogP contribution in [-0.2, 0) is 11.8 Å². The van der Waals surface area contributed by atoms with E-state index in [1.165, 1.54) is 11.1 Å². The first-order chi connectivity index (χ1) is 7.04. The number of aryl methyl sites for hydroxylation is 2. The number of thiocarbonyl (C=S) groups is 1. The summed E-state index contributed by atoms with van der Waals surface area (Å²) in [5.41, 5.74) is 9.26. The van der Waals surface area contributed by atoms with Crippen LogP contribution in [0.15, 0.2) is 12.3 Å². The van der Waals surface area contributed by atoms with Crippen molar-refractivity contribution in [3.8, 4) is 0 Å². The molecule has 1 aromatic heterocycles. The molecule has 1 aliphatic carbocycles. The SMILES string of the molecule is Cc1cnc2c(c1)CCCC2(C)C(N)=S.Cl. The zero-order valence-corrected chi connectivity index (χ0v) is 11.3. The highest BCUT2D eigenvalue weighted by atomic mass is 35.5. The summed E-state index contributed by atoms with van der Waals surface area (Å²) in [5, 5.41) is 0. The predicted molar refractivity (Wildman–Crippen MR) is 73.3 cm³/mol. The first kappa shape index (κ1) is 13.4. The van der Waals surface area contributed by atoms with E-state index < -0.39 is 0 Å². The van der Waals surface area contributed by atoms with Crippen molar-refractivity contribution in [1.29, 1.82) is 0 Å². The van der Waals surface area contributed by atoms with E-state index >= 15 is 0 Å². The minimum atomic E-state index is -0.198. The van der Waals surface area contributed by atoms with Gasteiger partial charge in [0.1, 0.15) is 0 Å². The lowest BCUT2D eigenvalue weighted by Crippen LogP contribution is -2.40. The van der Waals surface area contributed by atoms with Gasteiger partial charge in [0.15, 0.2) is 0 Å². The van der Waals surface area contributed by atoms with Gasteiger partial charge in [-0.1, -0.05) is 18.3 Å². The molecule has 0 aliphatic heterocycles. The third-order valence-corrected chi connectivity index (χ3v) is 3.74. The summed E-state index contributed by atoms with van der Waals surface area (Å²) in [4.78, 5) is 5.10. The minimum absolute atomic E-state index is 0. The van der Waals surface area contributed by atoms with Gasteiger partial charge < -0.3 is 5.73 Å². The second-order valence-electron chi connectivity index (χ2n) is 4.57. The Balaban J connectivity index is 0.00000128. The predicted octanol–water partition coefficient (Wildman–Crippen LogP) is 2.69. The molecule has 4 heteroatoms. The van der Waals surface area contributed by atoms with Crippen molar-refractivity contribution in [3.05, 3.63) is 29.1 Å².